The van der Waals surface area contributed by atoms with Gasteiger partial charge in [-0.15, -0.1) is 0 Å². The van der Waals surface area contributed by atoms with Crippen molar-refractivity contribution in [2.24, 2.45) is 7.05 Å². The van der Waals surface area contributed by atoms with Crippen LogP contribution in [0.2, 0.25) is 0 Å². The number of amides is 1. The number of halogens is 1. The smallest absolute Gasteiger partial charge is 0.274 e. The highest BCUT2D eigenvalue weighted by atomic mass is 79.9. The van der Waals surface area contributed by atoms with E-state index < -0.39 is 0 Å². The van der Waals surface area contributed by atoms with Gasteiger partial charge in [0, 0.05) is 30.8 Å². The van der Waals surface area contributed by atoms with Crippen molar-refractivity contribution in [2.45, 2.75) is 6.42 Å². The van der Waals surface area contributed by atoms with Crippen LogP contribution in [0.4, 0.5) is 11.4 Å². The van der Waals surface area contributed by atoms with E-state index in [-0.39, 0.29) is 5.91 Å². The summed E-state index contributed by atoms with van der Waals surface area (Å²) < 4.78 is 2.78. The number of rotatable bonds is 1. The zero-order chi connectivity index (χ0) is 14.1. The molecule has 1 aliphatic heterocycles. The van der Waals surface area contributed by atoms with Crippen LogP contribution in [-0.2, 0) is 7.05 Å². The SMILES string of the molecule is Cn1cc(Br)cc1C(=O)N1CCCNc2ccccc21. The van der Waals surface area contributed by atoms with Gasteiger partial charge < -0.3 is 14.8 Å². The zero-order valence-electron chi connectivity index (χ0n) is 11.3. The third-order valence-corrected chi connectivity index (χ3v) is 3.94. The van der Waals surface area contributed by atoms with Crippen molar-refractivity contribution >= 4 is 33.2 Å². The summed E-state index contributed by atoms with van der Waals surface area (Å²) in [5.41, 5.74) is 2.66. The van der Waals surface area contributed by atoms with Gasteiger partial charge in [-0.2, -0.15) is 0 Å². The summed E-state index contributed by atoms with van der Waals surface area (Å²) in [5, 5.41) is 3.37. The van der Waals surface area contributed by atoms with Crippen molar-refractivity contribution in [1.82, 2.24) is 4.57 Å². The Balaban J connectivity index is 2.01. The summed E-state index contributed by atoms with van der Waals surface area (Å²) in [5.74, 6) is 0.0364. The van der Waals surface area contributed by atoms with Gasteiger partial charge in [0.25, 0.3) is 5.91 Å². The monoisotopic (exact) mass is 333 g/mol. The topological polar surface area (TPSA) is 37.3 Å². The van der Waals surface area contributed by atoms with Crippen molar-refractivity contribution in [3.63, 3.8) is 0 Å². The molecule has 3 rings (SSSR count). The zero-order valence-corrected chi connectivity index (χ0v) is 12.9. The fourth-order valence-corrected chi connectivity index (χ4v) is 3.05. The van der Waals surface area contributed by atoms with Gasteiger partial charge in [-0.3, -0.25) is 4.79 Å². The summed E-state index contributed by atoms with van der Waals surface area (Å²) in [6.45, 7) is 1.61. The van der Waals surface area contributed by atoms with E-state index in [9.17, 15) is 4.79 Å². The van der Waals surface area contributed by atoms with Gasteiger partial charge in [-0.25, -0.2) is 0 Å². The molecule has 1 aliphatic rings. The molecule has 0 unspecified atom stereocenters. The molecule has 2 aromatic rings. The van der Waals surface area contributed by atoms with Gasteiger partial charge >= 0.3 is 0 Å². The molecule has 0 saturated carbocycles. The van der Waals surface area contributed by atoms with Gasteiger partial charge in [0.1, 0.15) is 5.69 Å². The van der Waals surface area contributed by atoms with Crippen molar-refractivity contribution < 1.29 is 4.79 Å². The van der Waals surface area contributed by atoms with Crippen LogP contribution >= 0.6 is 15.9 Å². The second kappa shape index (κ2) is 5.32. The van der Waals surface area contributed by atoms with Crippen LogP contribution in [0.3, 0.4) is 0 Å². The summed E-state index contributed by atoms with van der Waals surface area (Å²) in [6, 6.07) is 9.82. The Kier molecular flexibility index (Phi) is 3.53. The third kappa shape index (κ3) is 2.33. The van der Waals surface area contributed by atoms with Gasteiger partial charge in [0.05, 0.1) is 11.4 Å². The normalized spacial score (nSPS) is 14.4. The van der Waals surface area contributed by atoms with Gasteiger partial charge in [0.2, 0.25) is 0 Å². The predicted molar refractivity (Wildman–Crippen MR) is 84.3 cm³/mol. The Labute approximate surface area is 126 Å². The van der Waals surface area contributed by atoms with Crippen LogP contribution in [0.5, 0.6) is 0 Å². The molecule has 0 bridgehead atoms. The summed E-state index contributed by atoms with van der Waals surface area (Å²) >= 11 is 3.42. The molecule has 0 aliphatic carbocycles. The molecule has 1 N–H and O–H groups in total. The molecular weight excluding hydrogens is 318 g/mol. The second-order valence-electron chi connectivity index (χ2n) is 4.91. The van der Waals surface area contributed by atoms with Gasteiger partial charge in [-0.05, 0) is 40.5 Å². The number of para-hydroxylation sites is 2. The largest absolute Gasteiger partial charge is 0.383 e. The van der Waals surface area contributed by atoms with Crippen molar-refractivity contribution in [1.29, 1.82) is 0 Å². The minimum Gasteiger partial charge on any atom is -0.383 e. The average Bonchev–Trinajstić information content (AvgIpc) is 2.66. The van der Waals surface area contributed by atoms with Crippen LogP contribution in [0.15, 0.2) is 41.0 Å². The lowest BCUT2D eigenvalue weighted by molar-refractivity contribution is 0.0979. The summed E-state index contributed by atoms with van der Waals surface area (Å²) in [6.07, 6.45) is 2.83. The number of hydrogen-bond acceptors (Lipinski definition) is 2. The molecule has 0 fully saturated rings. The first kappa shape index (κ1) is 13.2. The number of nitrogens with one attached hydrogen (secondary N) is 1. The molecule has 20 heavy (non-hydrogen) atoms. The Morgan fingerprint density at radius 2 is 2.15 bits per heavy atom. The Hall–Kier alpha value is -1.75. The molecule has 1 amide bonds. The number of aromatic nitrogens is 1. The summed E-state index contributed by atoms with van der Waals surface area (Å²) in [7, 11) is 1.89. The molecule has 4 nitrogen and oxygen atoms in total. The van der Waals surface area contributed by atoms with E-state index >= 15 is 0 Å². The number of aryl methyl sites for hydroxylation is 1. The van der Waals surface area contributed by atoms with E-state index in [0.717, 1.165) is 35.4 Å². The fourth-order valence-electron chi connectivity index (χ4n) is 2.53. The molecule has 0 atom stereocenters. The highest BCUT2D eigenvalue weighted by Gasteiger charge is 2.23. The Morgan fingerprint density at radius 3 is 2.90 bits per heavy atom. The molecular formula is C15H16BrN3O. The molecule has 0 saturated heterocycles. The number of carbonyl (C=O) groups excluding carboxylic acids is 1. The molecule has 0 spiro atoms. The summed E-state index contributed by atoms with van der Waals surface area (Å²) in [4.78, 5) is 14.7. The number of carbonyl (C=O) groups is 1. The average molecular weight is 334 g/mol. The molecule has 5 heteroatoms. The fraction of sp³-hybridized carbons (Fsp3) is 0.267. The maximum absolute atomic E-state index is 12.8. The van der Waals surface area contributed by atoms with Crippen LogP contribution in [-0.4, -0.2) is 23.6 Å². The third-order valence-electron chi connectivity index (χ3n) is 3.50. The molecule has 1 aromatic carbocycles. The number of benzene rings is 1. The van der Waals surface area contributed by atoms with Crippen LogP contribution in [0.1, 0.15) is 16.9 Å². The molecule has 1 aromatic heterocycles. The lowest BCUT2D eigenvalue weighted by Crippen LogP contribution is -2.32. The first-order valence-electron chi connectivity index (χ1n) is 6.63. The van der Waals surface area contributed by atoms with E-state index in [1.807, 2.05) is 53.0 Å². The lowest BCUT2D eigenvalue weighted by atomic mass is 10.2. The Bertz CT molecular complexity index is 650. The standard InChI is InChI=1S/C15H16BrN3O/c1-18-10-11(16)9-14(18)15(20)19-8-4-7-17-12-5-2-3-6-13(12)19/h2-3,5-6,9-10,17H,4,7-8H2,1H3. The van der Waals surface area contributed by atoms with Crippen LogP contribution < -0.4 is 10.2 Å². The second-order valence-corrected chi connectivity index (χ2v) is 5.82. The molecule has 2 heterocycles. The first-order chi connectivity index (χ1) is 9.66. The van der Waals surface area contributed by atoms with E-state index in [4.69, 9.17) is 0 Å². The number of hydrogen-bond donors (Lipinski definition) is 1. The van der Waals surface area contributed by atoms with E-state index in [1.54, 1.807) is 0 Å². The first-order valence-corrected chi connectivity index (χ1v) is 7.43. The van der Waals surface area contributed by atoms with E-state index in [0.29, 0.717) is 5.69 Å². The maximum atomic E-state index is 12.8. The lowest BCUT2D eigenvalue weighted by Gasteiger charge is -2.22. The quantitative estimate of drug-likeness (QED) is 0.869. The van der Waals surface area contributed by atoms with Crippen LogP contribution in [0, 0.1) is 0 Å². The van der Waals surface area contributed by atoms with Crippen molar-refractivity contribution in [2.75, 3.05) is 23.3 Å². The van der Waals surface area contributed by atoms with Crippen LogP contribution in [0.25, 0.3) is 0 Å². The number of nitrogens with zero attached hydrogens (tertiary/aromatic N) is 2. The Morgan fingerprint density at radius 1 is 1.35 bits per heavy atom. The molecule has 0 radical (unpaired) electrons. The molecule has 104 valence electrons. The highest BCUT2D eigenvalue weighted by molar-refractivity contribution is 9.10. The minimum atomic E-state index is 0.0364. The van der Waals surface area contributed by atoms with Gasteiger partial charge in [0.15, 0.2) is 0 Å². The highest BCUT2D eigenvalue weighted by Crippen LogP contribution is 2.29. The van der Waals surface area contributed by atoms with E-state index in [1.165, 1.54) is 0 Å². The number of fused-ring (bicyclic) bond motifs is 1. The minimum absolute atomic E-state index is 0.0364. The maximum Gasteiger partial charge on any atom is 0.274 e. The predicted octanol–water partition coefficient (Wildman–Crippen LogP) is 3.25. The van der Waals surface area contributed by atoms with E-state index in [2.05, 4.69) is 21.2 Å². The van der Waals surface area contributed by atoms with Crippen molar-refractivity contribution in [3.8, 4) is 0 Å². The van der Waals surface area contributed by atoms with Crippen molar-refractivity contribution in [3.05, 3.63) is 46.7 Å². The van der Waals surface area contributed by atoms with Gasteiger partial charge in [-0.1, -0.05) is 12.1 Å². The number of anilines is 2.